The fourth-order valence-electron chi connectivity index (χ4n) is 2.47. The molecule has 0 aliphatic carbocycles. The van der Waals surface area contributed by atoms with Gasteiger partial charge in [-0.3, -0.25) is 4.79 Å². The van der Waals surface area contributed by atoms with Crippen LogP contribution in [0.25, 0.3) is 0 Å². The fraction of sp³-hybridized carbons (Fsp3) is 0.500. The van der Waals surface area contributed by atoms with Crippen molar-refractivity contribution in [2.24, 2.45) is 0 Å². The second kappa shape index (κ2) is 5.54. The summed E-state index contributed by atoms with van der Waals surface area (Å²) in [6.45, 7) is 2.01. The van der Waals surface area contributed by atoms with Gasteiger partial charge in [0.25, 0.3) is 0 Å². The lowest BCUT2D eigenvalue weighted by molar-refractivity contribution is -0.144. The van der Waals surface area contributed by atoms with Crippen LogP contribution in [-0.2, 0) is 25.0 Å². The highest BCUT2D eigenvalue weighted by Gasteiger charge is 2.40. The molecule has 2 rings (SSSR count). The highest BCUT2D eigenvalue weighted by molar-refractivity contribution is 7.91. The normalized spacial score (nSPS) is 23.9. The summed E-state index contributed by atoms with van der Waals surface area (Å²) in [4.78, 5) is 11.6. The van der Waals surface area contributed by atoms with Gasteiger partial charge in [-0.2, -0.15) is 0 Å². The summed E-state index contributed by atoms with van der Waals surface area (Å²) in [5.41, 5.74) is -0.898. The molecule has 6 heteroatoms. The van der Waals surface area contributed by atoms with Gasteiger partial charge in [-0.1, -0.05) is 18.2 Å². The first-order chi connectivity index (χ1) is 9.39. The molecule has 20 heavy (non-hydrogen) atoms. The number of benzene rings is 1. The lowest BCUT2D eigenvalue weighted by atomic mass is 9.86. The molecular formula is C14H18O5S. The summed E-state index contributed by atoms with van der Waals surface area (Å²) < 4.78 is 28.8. The molecule has 1 N–H and O–H groups in total. The van der Waals surface area contributed by atoms with Gasteiger partial charge in [-0.05, 0) is 25.8 Å². The number of rotatable bonds is 4. The minimum atomic E-state index is -3.34. The Hall–Kier alpha value is -1.40. The van der Waals surface area contributed by atoms with E-state index < -0.39 is 15.4 Å². The summed E-state index contributed by atoms with van der Waals surface area (Å²) >= 11 is 0. The number of hydrogen-bond acceptors (Lipinski definition) is 5. The molecule has 0 amide bonds. The Balaban J connectivity index is 2.27. The summed E-state index contributed by atoms with van der Waals surface area (Å²) in [5.74, 6) is -0.490. The van der Waals surface area contributed by atoms with Gasteiger partial charge in [0.2, 0.25) is 0 Å². The van der Waals surface area contributed by atoms with E-state index in [1.165, 1.54) is 6.07 Å². The number of aliphatic hydroxyl groups is 1. The SMILES string of the molecule is CCOC(=O)CCC1(O)CCS(=O)(=O)c2ccccc21. The Bertz CT molecular complexity index is 608. The van der Waals surface area contributed by atoms with Gasteiger partial charge in [-0.25, -0.2) is 8.42 Å². The maximum atomic E-state index is 12.0. The van der Waals surface area contributed by atoms with Gasteiger partial charge in [0.15, 0.2) is 9.84 Å². The predicted octanol–water partition coefficient (Wildman–Crippen LogP) is 1.39. The van der Waals surface area contributed by atoms with Crippen molar-refractivity contribution in [2.75, 3.05) is 12.4 Å². The van der Waals surface area contributed by atoms with Crippen molar-refractivity contribution in [3.05, 3.63) is 29.8 Å². The van der Waals surface area contributed by atoms with E-state index in [4.69, 9.17) is 4.74 Å². The standard InChI is InChI=1S/C14H18O5S/c1-2-19-13(15)7-8-14(16)9-10-20(17,18)12-6-4-3-5-11(12)14/h3-6,16H,2,7-10H2,1H3. The monoisotopic (exact) mass is 298 g/mol. The van der Waals surface area contributed by atoms with Crippen LogP contribution in [0.2, 0.25) is 0 Å². The van der Waals surface area contributed by atoms with Crippen LogP contribution >= 0.6 is 0 Å². The average Bonchev–Trinajstić information content (AvgIpc) is 2.43. The zero-order chi connectivity index (χ0) is 14.8. The number of carbonyl (C=O) groups is 1. The van der Waals surface area contributed by atoms with Gasteiger partial charge in [0.1, 0.15) is 0 Å². The molecule has 0 aromatic heterocycles. The zero-order valence-corrected chi connectivity index (χ0v) is 12.1. The van der Waals surface area contributed by atoms with E-state index in [0.717, 1.165) is 0 Å². The lowest BCUT2D eigenvalue weighted by Gasteiger charge is -2.34. The Labute approximate surface area is 118 Å². The molecule has 1 atom stereocenters. The van der Waals surface area contributed by atoms with E-state index in [1.54, 1.807) is 25.1 Å². The molecule has 110 valence electrons. The summed E-state index contributed by atoms with van der Waals surface area (Å²) in [6, 6.07) is 6.43. The van der Waals surface area contributed by atoms with E-state index >= 15 is 0 Å². The van der Waals surface area contributed by atoms with E-state index in [-0.39, 0.29) is 35.9 Å². The molecule has 0 saturated carbocycles. The van der Waals surface area contributed by atoms with Crippen molar-refractivity contribution in [2.45, 2.75) is 36.7 Å². The number of esters is 1. The maximum absolute atomic E-state index is 12.0. The number of ether oxygens (including phenoxy) is 1. The Kier molecular flexibility index (Phi) is 4.15. The van der Waals surface area contributed by atoms with Crippen molar-refractivity contribution in [3.63, 3.8) is 0 Å². The van der Waals surface area contributed by atoms with Gasteiger partial charge < -0.3 is 9.84 Å². The molecule has 0 radical (unpaired) electrons. The van der Waals surface area contributed by atoms with Crippen molar-refractivity contribution in [1.29, 1.82) is 0 Å². The van der Waals surface area contributed by atoms with Crippen LogP contribution < -0.4 is 0 Å². The third-order valence-corrected chi connectivity index (χ3v) is 5.32. The highest BCUT2D eigenvalue weighted by Crippen LogP contribution is 2.39. The molecule has 1 aliphatic heterocycles. The minimum absolute atomic E-state index is 0.0682. The Morgan fingerprint density at radius 3 is 2.80 bits per heavy atom. The lowest BCUT2D eigenvalue weighted by Crippen LogP contribution is -2.36. The van der Waals surface area contributed by atoms with Crippen molar-refractivity contribution in [3.8, 4) is 0 Å². The van der Waals surface area contributed by atoms with Crippen LogP contribution in [0, 0.1) is 0 Å². The molecule has 1 aliphatic rings. The molecule has 0 fully saturated rings. The quantitative estimate of drug-likeness (QED) is 0.850. The smallest absolute Gasteiger partial charge is 0.305 e. The third kappa shape index (κ3) is 2.86. The van der Waals surface area contributed by atoms with Gasteiger partial charge in [-0.15, -0.1) is 0 Å². The fourth-order valence-corrected chi connectivity index (χ4v) is 4.18. The molecule has 0 bridgehead atoms. The van der Waals surface area contributed by atoms with Crippen molar-refractivity contribution >= 4 is 15.8 Å². The number of hydrogen-bond donors (Lipinski definition) is 1. The van der Waals surface area contributed by atoms with Crippen molar-refractivity contribution < 1.29 is 23.1 Å². The summed E-state index contributed by atoms with van der Waals surface area (Å²) in [5, 5.41) is 10.7. The summed E-state index contributed by atoms with van der Waals surface area (Å²) in [6.07, 6.45) is 0.336. The molecule has 1 heterocycles. The van der Waals surface area contributed by atoms with Crippen LogP contribution in [0.3, 0.4) is 0 Å². The zero-order valence-electron chi connectivity index (χ0n) is 11.3. The molecular weight excluding hydrogens is 280 g/mol. The average molecular weight is 298 g/mol. The van der Waals surface area contributed by atoms with Crippen LogP contribution in [0.1, 0.15) is 31.7 Å². The largest absolute Gasteiger partial charge is 0.466 e. The number of fused-ring (bicyclic) bond motifs is 1. The van der Waals surface area contributed by atoms with Crippen molar-refractivity contribution in [1.82, 2.24) is 0 Å². The van der Waals surface area contributed by atoms with Gasteiger partial charge in [0, 0.05) is 12.0 Å². The van der Waals surface area contributed by atoms with Gasteiger partial charge >= 0.3 is 5.97 Å². The molecule has 0 saturated heterocycles. The molecule has 1 aromatic rings. The molecule has 0 spiro atoms. The van der Waals surface area contributed by atoms with Crippen LogP contribution in [0.15, 0.2) is 29.2 Å². The number of carbonyl (C=O) groups excluding carboxylic acids is 1. The first kappa shape index (κ1) is 15.0. The second-order valence-electron chi connectivity index (χ2n) is 4.90. The van der Waals surface area contributed by atoms with Crippen LogP contribution in [0.4, 0.5) is 0 Å². The van der Waals surface area contributed by atoms with Crippen LogP contribution in [-0.4, -0.2) is 31.9 Å². The second-order valence-corrected chi connectivity index (χ2v) is 6.98. The molecule has 1 aromatic carbocycles. The highest BCUT2D eigenvalue weighted by atomic mass is 32.2. The first-order valence-corrected chi connectivity index (χ1v) is 8.24. The van der Waals surface area contributed by atoms with E-state index in [1.807, 2.05) is 0 Å². The molecule has 5 nitrogen and oxygen atoms in total. The minimum Gasteiger partial charge on any atom is -0.466 e. The van der Waals surface area contributed by atoms with Crippen LogP contribution in [0.5, 0.6) is 0 Å². The Morgan fingerprint density at radius 2 is 2.10 bits per heavy atom. The van der Waals surface area contributed by atoms with E-state index in [2.05, 4.69) is 0 Å². The van der Waals surface area contributed by atoms with E-state index in [0.29, 0.717) is 12.2 Å². The Morgan fingerprint density at radius 1 is 1.40 bits per heavy atom. The number of sulfone groups is 1. The van der Waals surface area contributed by atoms with E-state index in [9.17, 15) is 18.3 Å². The predicted molar refractivity (Wildman–Crippen MR) is 72.9 cm³/mol. The summed E-state index contributed by atoms with van der Waals surface area (Å²) in [7, 11) is -3.34. The maximum Gasteiger partial charge on any atom is 0.305 e. The topological polar surface area (TPSA) is 80.7 Å². The first-order valence-electron chi connectivity index (χ1n) is 6.59. The third-order valence-electron chi connectivity index (χ3n) is 3.56. The van der Waals surface area contributed by atoms with Gasteiger partial charge in [0.05, 0.1) is 22.9 Å². The molecule has 1 unspecified atom stereocenters.